The summed E-state index contributed by atoms with van der Waals surface area (Å²) < 4.78 is 14.6. The summed E-state index contributed by atoms with van der Waals surface area (Å²) in [4.78, 5) is 23.0. The molecule has 0 N–H and O–H groups in total. The lowest BCUT2D eigenvalue weighted by Gasteiger charge is -2.10. The van der Waals surface area contributed by atoms with Crippen molar-refractivity contribution in [1.82, 2.24) is 0 Å². The Kier molecular flexibility index (Phi) is 4.71. The number of furan rings is 1. The predicted molar refractivity (Wildman–Crippen MR) is 73.7 cm³/mol. The first-order chi connectivity index (χ1) is 8.79. The number of carbonyl (C=O) groups is 2. The van der Waals surface area contributed by atoms with E-state index in [1.807, 2.05) is 6.07 Å². The predicted octanol–water partition coefficient (Wildman–Crippen LogP) is 1.55. The molecule has 0 saturated carbocycles. The molecule has 0 radical (unpaired) electrons. The normalized spacial score (nSPS) is 10.8. The molecule has 0 bridgehead atoms. The number of esters is 2. The van der Waals surface area contributed by atoms with E-state index >= 15 is 0 Å². The Morgan fingerprint density at radius 3 is 2.05 bits per heavy atom. The highest BCUT2D eigenvalue weighted by Gasteiger charge is 2.23. The fraction of sp³-hybridized carbons (Fsp3) is 0.385. The standard InChI is InChI=1S/C13H18O5Si/c1-16-12(14)10(13(15)17-2)6-9-7-11(18-8-9)19(3,4)5/h6-8H,1-5H3. The van der Waals surface area contributed by atoms with E-state index in [2.05, 4.69) is 29.1 Å². The molecule has 1 aromatic rings. The molecule has 0 aliphatic heterocycles. The van der Waals surface area contributed by atoms with Crippen LogP contribution in [0.4, 0.5) is 0 Å². The summed E-state index contributed by atoms with van der Waals surface area (Å²) in [5, 5.41) is 0.896. The highest BCUT2D eigenvalue weighted by molar-refractivity contribution is 6.87. The lowest BCUT2D eigenvalue weighted by atomic mass is 10.2. The lowest BCUT2D eigenvalue weighted by molar-refractivity contribution is -0.143. The number of hydrogen-bond donors (Lipinski definition) is 0. The minimum atomic E-state index is -1.56. The molecule has 5 nitrogen and oxygen atoms in total. The van der Waals surface area contributed by atoms with Crippen molar-refractivity contribution in [1.29, 1.82) is 0 Å². The zero-order chi connectivity index (χ0) is 14.6. The summed E-state index contributed by atoms with van der Waals surface area (Å²) in [5.41, 5.74) is 0.483. The van der Waals surface area contributed by atoms with E-state index in [0.717, 1.165) is 5.38 Å². The molecule has 104 valence electrons. The average molecular weight is 282 g/mol. The third kappa shape index (κ3) is 3.82. The molecule has 0 amide bonds. The van der Waals surface area contributed by atoms with Gasteiger partial charge in [0.05, 0.1) is 25.9 Å². The van der Waals surface area contributed by atoms with Gasteiger partial charge in [0, 0.05) is 5.56 Å². The number of carbonyl (C=O) groups excluding carboxylic acids is 2. The van der Waals surface area contributed by atoms with Crippen molar-refractivity contribution in [2.75, 3.05) is 14.2 Å². The molecule has 19 heavy (non-hydrogen) atoms. The lowest BCUT2D eigenvalue weighted by Crippen LogP contribution is -2.36. The fourth-order valence-electron chi connectivity index (χ4n) is 1.41. The van der Waals surface area contributed by atoms with Gasteiger partial charge in [-0.3, -0.25) is 0 Å². The van der Waals surface area contributed by atoms with Crippen molar-refractivity contribution in [2.45, 2.75) is 19.6 Å². The smallest absolute Gasteiger partial charge is 0.345 e. The average Bonchev–Trinajstić information content (AvgIpc) is 2.82. The molecule has 0 unspecified atom stereocenters. The third-order valence-electron chi connectivity index (χ3n) is 2.48. The Labute approximate surface area is 113 Å². The first-order valence-corrected chi connectivity index (χ1v) is 9.27. The molecule has 6 heteroatoms. The van der Waals surface area contributed by atoms with Crippen LogP contribution in [0.3, 0.4) is 0 Å². The van der Waals surface area contributed by atoms with Crippen LogP contribution in [-0.4, -0.2) is 34.2 Å². The van der Waals surface area contributed by atoms with Gasteiger partial charge in [0.15, 0.2) is 0 Å². The SMILES string of the molecule is COC(=O)C(=Cc1coc([Si](C)(C)C)c1)C(=O)OC. The monoisotopic (exact) mass is 282 g/mol. The molecule has 0 aliphatic rings. The first-order valence-electron chi connectivity index (χ1n) is 5.77. The molecule has 0 aromatic carbocycles. The van der Waals surface area contributed by atoms with Crippen LogP contribution in [0.2, 0.25) is 19.6 Å². The van der Waals surface area contributed by atoms with Crippen LogP contribution in [0.25, 0.3) is 6.08 Å². The van der Waals surface area contributed by atoms with Crippen molar-refractivity contribution in [2.24, 2.45) is 0 Å². The maximum Gasteiger partial charge on any atom is 0.345 e. The second-order valence-corrected chi connectivity index (χ2v) is 10.0. The fourth-order valence-corrected chi connectivity index (χ4v) is 2.42. The van der Waals surface area contributed by atoms with Crippen LogP contribution in [0.15, 0.2) is 22.3 Å². The van der Waals surface area contributed by atoms with Crippen LogP contribution in [0, 0.1) is 0 Å². The Hall–Kier alpha value is -1.82. The van der Waals surface area contributed by atoms with Crippen molar-refractivity contribution >= 4 is 31.5 Å². The van der Waals surface area contributed by atoms with Crippen LogP contribution in [0.1, 0.15) is 5.56 Å². The van der Waals surface area contributed by atoms with Crippen molar-refractivity contribution in [3.05, 3.63) is 23.5 Å². The van der Waals surface area contributed by atoms with Crippen LogP contribution in [0.5, 0.6) is 0 Å². The van der Waals surface area contributed by atoms with E-state index in [1.165, 1.54) is 26.6 Å². The van der Waals surface area contributed by atoms with E-state index < -0.39 is 20.0 Å². The molecule has 0 aliphatic carbocycles. The number of hydrogen-bond acceptors (Lipinski definition) is 5. The number of ether oxygens (including phenoxy) is 2. The van der Waals surface area contributed by atoms with Gasteiger partial charge in [-0.05, 0) is 12.1 Å². The van der Waals surface area contributed by atoms with Crippen LogP contribution in [-0.2, 0) is 19.1 Å². The summed E-state index contributed by atoms with van der Waals surface area (Å²) in [5.74, 6) is -1.47. The third-order valence-corrected chi connectivity index (χ3v) is 4.22. The molecule has 1 heterocycles. The first kappa shape index (κ1) is 15.2. The second kappa shape index (κ2) is 5.88. The molecule has 0 spiro atoms. The molecule has 0 atom stereocenters. The summed E-state index contributed by atoms with van der Waals surface area (Å²) in [6.45, 7) is 6.42. The van der Waals surface area contributed by atoms with Gasteiger partial charge in [0.2, 0.25) is 0 Å². The van der Waals surface area contributed by atoms with Gasteiger partial charge in [-0.25, -0.2) is 9.59 Å². The van der Waals surface area contributed by atoms with E-state index in [1.54, 1.807) is 0 Å². The van der Waals surface area contributed by atoms with E-state index in [4.69, 9.17) is 4.42 Å². The van der Waals surface area contributed by atoms with Crippen molar-refractivity contribution < 1.29 is 23.5 Å². The minimum Gasteiger partial charge on any atom is -0.474 e. The summed E-state index contributed by atoms with van der Waals surface area (Å²) in [6.07, 6.45) is 2.92. The molecule has 0 saturated heterocycles. The highest BCUT2D eigenvalue weighted by Crippen LogP contribution is 2.12. The largest absolute Gasteiger partial charge is 0.474 e. The Balaban J connectivity index is 3.12. The van der Waals surface area contributed by atoms with Gasteiger partial charge in [0.1, 0.15) is 13.6 Å². The number of methoxy groups -OCH3 is 2. The molecule has 1 rings (SSSR count). The minimum absolute atomic E-state index is 0.159. The van der Waals surface area contributed by atoms with E-state index in [9.17, 15) is 9.59 Å². The van der Waals surface area contributed by atoms with Gasteiger partial charge in [-0.15, -0.1) is 0 Å². The summed E-state index contributed by atoms with van der Waals surface area (Å²) in [6, 6.07) is 1.83. The Morgan fingerprint density at radius 2 is 1.68 bits per heavy atom. The summed E-state index contributed by atoms with van der Waals surface area (Å²) >= 11 is 0. The Bertz CT molecular complexity index is 489. The zero-order valence-electron chi connectivity index (χ0n) is 11.8. The van der Waals surface area contributed by atoms with Crippen molar-refractivity contribution in [3.8, 4) is 0 Å². The number of rotatable bonds is 4. The maximum atomic E-state index is 11.5. The second-order valence-electron chi connectivity index (χ2n) is 5.04. The van der Waals surface area contributed by atoms with Gasteiger partial charge in [-0.2, -0.15) is 0 Å². The quantitative estimate of drug-likeness (QED) is 0.276. The van der Waals surface area contributed by atoms with E-state index in [-0.39, 0.29) is 5.57 Å². The maximum absolute atomic E-state index is 11.5. The van der Waals surface area contributed by atoms with Gasteiger partial charge in [-0.1, -0.05) is 19.6 Å². The molecular weight excluding hydrogens is 264 g/mol. The van der Waals surface area contributed by atoms with E-state index in [0.29, 0.717) is 5.56 Å². The zero-order valence-corrected chi connectivity index (χ0v) is 12.8. The summed E-state index contributed by atoms with van der Waals surface area (Å²) in [7, 11) is 0.858. The molecule has 0 fully saturated rings. The van der Waals surface area contributed by atoms with Crippen LogP contribution >= 0.6 is 0 Å². The Morgan fingerprint density at radius 1 is 1.16 bits per heavy atom. The van der Waals surface area contributed by atoms with Gasteiger partial charge in [0.25, 0.3) is 0 Å². The van der Waals surface area contributed by atoms with Crippen LogP contribution < -0.4 is 5.38 Å². The van der Waals surface area contributed by atoms with Gasteiger partial charge >= 0.3 is 11.9 Å². The molecular formula is C13H18O5Si. The van der Waals surface area contributed by atoms with Crippen molar-refractivity contribution in [3.63, 3.8) is 0 Å². The topological polar surface area (TPSA) is 65.7 Å². The molecule has 1 aromatic heterocycles. The highest BCUT2D eigenvalue weighted by atomic mass is 28.3. The van der Waals surface area contributed by atoms with Gasteiger partial charge < -0.3 is 13.9 Å².